The summed E-state index contributed by atoms with van der Waals surface area (Å²) in [5.74, 6) is 0. The number of hydrogen-bond acceptors (Lipinski definition) is 1. The zero-order chi connectivity index (χ0) is 11.9. The Morgan fingerprint density at radius 1 is 1.38 bits per heavy atom. The van der Waals surface area contributed by atoms with Gasteiger partial charge in [-0.25, -0.2) is 0 Å². The van der Waals surface area contributed by atoms with E-state index in [0.717, 1.165) is 11.0 Å². The molecule has 0 amide bonds. The van der Waals surface area contributed by atoms with E-state index in [1.165, 1.54) is 16.5 Å². The van der Waals surface area contributed by atoms with Crippen LogP contribution >= 0.6 is 15.9 Å². The largest absolute Gasteiger partial charge is 0.347 e. The number of halogens is 1. The molecule has 0 aliphatic rings. The van der Waals surface area contributed by atoms with Gasteiger partial charge in [0.05, 0.1) is 0 Å². The van der Waals surface area contributed by atoms with Crippen molar-refractivity contribution < 1.29 is 0 Å². The third-order valence-corrected chi connectivity index (χ3v) is 3.55. The summed E-state index contributed by atoms with van der Waals surface area (Å²) in [5.41, 5.74) is 8.34. The Labute approximate surface area is 105 Å². The second-order valence-corrected chi connectivity index (χ2v) is 5.54. The monoisotopic (exact) mass is 280 g/mol. The molecule has 0 fully saturated rings. The minimum absolute atomic E-state index is 0.317. The minimum Gasteiger partial charge on any atom is -0.347 e. The van der Waals surface area contributed by atoms with E-state index in [4.69, 9.17) is 5.73 Å². The van der Waals surface area contributed by atoms with Crippen LogP contribution in [0.1, 0.15) is 26.3 Å². The van der Waals surface area contributed by atoms with Gasteiger partial charge in [0.1, 0.15) is 0 Å². The van der Waals surface area contributed by atoms with Gasteiger partial charge in [-0.1, -0.05) is 22.0 Å². The lowest BCUT2D eigenvalue weighted by Crippen LogP contribution is -2.28. The first-order valence-electron chi connectivity index (χ1n) is 5.52. The number of aryl methyl sites for hydroxylation is 1. The molecular formula is C13H17BrN2. The lowest BCUT2D eigenvalue weighted by atomic mass is 9.95. The van der Waals surface area contributed by atoms with Crippen molar-refractivity contribution in [2.24, 2.45) is 5.73 Å². The number of hydrogen-bond donors (Lipinski definition) is 1. The molecule has 16 heavy (non-hydrogen) atoms. The molecule has 0 bridgehead atoms. The third kappa shape index (κ3) is 1.78. The highest BCUT2D eigenvalue weighted by Crippen LogP contribution is 2.33. The molecule has 3 heteroatoms. The summed E-state index contributed by atoms with van der Waals surface area (Å²) in [7, 11) is 0. The molecule has 0 radical (unpaired) electrons. The Hall–Kier alpha value is -0.800. The summed E-state index contributed by atoms with van der Waals surface area (Å²) in [6.45, 7) is 7.19. The summed E-state index contributed by atoms with van der Waals surface area (Å²) >= 11 is 3.61. The normalized spacial score (nSPS) is 12.3. The average Bonchev–Trinajstić information content (AvgIpc) is 2.57. The Morgan fingerprint density at radius 2 is 2.06 bits per heavy atom. The number of nitrogens with zero attached hydrogens (tertiary/aromatic N) is 1. The molecule has 0 aliphatic carbocycles. The highest BCUT2D eigenvalue weighted by atomic mass is 79.9. The van der Waals surface area contributed by atoms with Gasteiger partial charge >= 0.3 is 0 Å². The van der Waals surface area contributed by atoms with Crippen LogP contribution in [0.4, 0.5) is 0 Å². The van der Waals surface area contributed by atoms with Crippen molar-refractivity contribution in [3.8, 4) is 0 Å². The molecule has 0 saturated heterocycles. The van der Waals surface area contributed by atoms with Gasteiger partial charge in [0.25, 0.3) is 0 Å². The summed E-state index contributed by atoms with van der Waals surface area (Å²) in [6, 6.07) is 6.27. The van der Waals surface area contributed by atoms with E-state index >= 15 is 0 Å². The average molecular weight is 281 g/mol. The van der Waals surface area contributed by atoms with Crippen LogP contribution in [0.2, 0.25) is 0 Å². The van der Waals surface area contributed by atoms with Crippen molar-refractivity contribution in [2.75, 3.05) is 0 Å². The van der Waals surface area contributed by atoms with Crippen molar-refractivity contribution in [1.29, 1.82) is 0 Å². The summed E-state index contributed by atoms with van der Waals surface area (Å²) in [6.07, 6.45) is 2.16. The van der Waals surface area contributed by atoms with Crippen LogP contribution in [0.5, 0.6) is 0 Å². The molecule has 0 unspecified atom stereocenters. The van der Waals surface area contributed by atoms with Gasteiger partial charge in [-0.3, -0.25) is 0 Å². The fourth-order valence-electron chi connectivity index (χ4n) is 2.06. The lowest BCUT2D eigenvalue weighted by Gasteiger charge is -2.18. The number of rotatable bonds is 2. The van der Waals surface area contributed by atoms with Crippen LogP contribution in [0, 0.1) is 0 Å². The zero-order valence-electron chi connectivity index (χ0n) is 9.92. The van der Waals surface area contributed by atoms with Crippen LogP contribution in [0.25, 0.3) is 10.9 Å². The van der Waals surface area contributed by atoms with Gasteiger partial charge in [0, 0.05) is 33.7 Å². The van der Waals surface area contributed by atoms with E-state index in [-0.39, 0.29) is 5.54 Å². The second-order valence-electron chi connectivity index (χ2n) is 4.68. The van der Waals surface area contributed by atoms with Gasteiger partial charge < -0.3 is 10.3 Å². The van der Waals surface area contributed by atoms with Crippen molar-refractivity contribution in [3.05, 3.63) is 34.4 Å². The second kappa shape index (κ2) is 3.90. The van der Waals surface area contributed by atoms with Gasteiger partial charge in [-0.2, -0.15) is 0 Å². The minimum atomic E-state index is -0.317. The van der Waals surface area contributed by atoms with E-state index in [0.29, 0.717) is 0 Å². The van der Waals surface area contributed by atoms with E-state index in [1.54, 1.807) is 0 Å². The Bertz CT molecular complexity index is 520. The van der Waals surface area contributed by atoms with Crippen molar-refractivity contribution >= 4 is 26.8 Å². The summed E-state index contributed by atoms with van der Waals surface area (Å²) in [4.78, 5) is 0. The molecule has 2 nitrogen and oxygen atoms in total. The van der Waals surface area contributed by atoms with E-state index in [1.807, 2.05) is 13.8 Å². The fraction of sp³-hybridized carbons (Fsp3) is 0.385. The first kappa shape index (κ1) is 11.7. The summed E-state index contributed by atoms with van der Waals surface area (Å²) in [5, 5.41) is 1.23. The highest BCUT2D eigenvalue weighted by molar-refractivity contribution is 9.10. The van der Waals surface area contributed by atoms with Crippen molar-refractivity contribution in [2.45, 2.75) is 32.9 Å². The SMILES string of the molecule is CCn1cc(C(C)(C)N)c2c(Br)cccc21. The van der Waals surface area contributed by atoms with Crippen LogP contribution in [0.3, 0.4) is 0 Å². The summed E-state index contributed by atoms with van der Waals surface area (Å²) < 4.78 is 3.36. The quantitative estimate of drug-likeness (QED) is 0.895. The maximum atomic E-state index is 6.23. The maximum absolute atomic E-state index is 6.23. The lowest BCUT2D eigenvalue weighted by molar-refractivity contribution is 0.556. The van der Waals surface area contributed by atoms with E-state index < -0.39 is 0 Å². The number of nitrogens with two attached hydrogens (primary N) is 1. The predicted octanol–water partition coefficient (Wildman–Crippen LogP) is 3.62. The van der Waals surface area contributed by atoms with Crippen LogP contribution in [-0.2, 0) is 12.1 Å². The predicted molar refractivity (Wildman–Crippen MR) is 72.5 cm³/mol. The molecule has 86 valence electrons. The third-order valence-electron chi connectivity index (χ3n) is 2.89. The first-order chi connectivity index (χ1) is 7.45. The van der Waals surface area contributed by atoms with Crippen molar-refractivity contribution in [3.63, 3.8) is 0 Å². The van der Waals surface area contributed by atoms with Crippen LogP contribution < -0.4 is 5.73 Å². The Balaban J connectivity index is 2.85. The zero-order valence-corrected chi connectivity index (χ0v) is 11.5. The Morgan fingerprint density at radius 3 is 2.62 bits per heavy atom. The molecule has 2 rings (SSSR count). The molecule has 2 N–H and O–H groups in total. The van der Waals surface area contributed by atoms with Crippen LogP contribution in [0.15, 0.2) is 28.9 Å². The van der Waals surface area contributed by atoms with Gasteiger partial charge in [0.2, 0.25) is 0 Å². The molecule has 0 aliphatic heterocycles. The highest BCUT2D eigenvalue weighted by Gasteiger charge is 2.21. The Kier molecular flexibility index (Phi) is 2.84. The standard InChI is InChI=1S/C13H17BrN2/c1-4-16-8-9(13(2,3)15)12-10(14)6-5-7-11(12)16/h5-8H,4,15H2,1-3H3. The molecular weight excluding hydrogens is 264 g/mol. The van der Waals surface area contributed by atoms with Crippen molar-refractivity contribution in [1.82, 2.24) is 4.57 Å². The first-order valence-corrected chi connectivity index (χ1v) is 6.31. The van der Waals surface area contributed by atoms with Gasteiger partial charge in [-0.05, 0) is 38.5 Å². The smallest absolute Gasteiger partial charge is 0.0495 e. The molecule has 1 aromatic carbocycles. The number of benzene rings is 1. The van der Waals surface area contributed by atoms with Crippen LogP contribution in [-0.4, -0.2) is 4.57 Å². The molecule has 0 saturated carbocycles. The topological polar surface area (TPSA) is 30.9 Å². The number of fused-ring (bicyclic) bond motifs is 1. The maximum Gasteiger partial charge on any atom is 0.0495 e. The van der Waals surface area contributed by atoms with Gasteiger partial charge in [0.15, 0.2) is 0 Å². The molecule has 0 spiro atoms. The number of aromatic nitrogens is 1. The molecule has 1 aromatic heterocycles. The van der Waals surface area contributed by atoms with Gasteiger partial charge in [-0.15, -0.1) is 0 Å². The molecule has 0 atom stereocenters. The molecule has 1 heterocycles. The van der Waals surface area contributed by atoms with E-state index in [9.17, 15) is 0 Å². The molecule has 2 aromatic rings. The van der Waals surface area contributed by atoms with E-state index in [2.05, 4.69) is 51.8 Å². The fourth-order valence-corrected chi connectivity index (χ4v) is 2.63.